The van der Waals surface area contributed by atoms with Crippen LogP contribution < -0.4 is 26.3 Å². The summed E-state index contributed by atoms with van der Waals surface area (Å²) in [5.41, 5.74) is 2.84. The zero-order valence-electron chi connectivity index (χ0n) is 13.0. The van der Waals surface area contributed by atoms with Gasteiger partial charge in [0.15, 0.2) is 11.5 Å². The summed E-state index contributed by atoms with van der Waals surface area (Å²) in [7, 11) is 2.97. The van der Waals surface area contributed by atoms with E-state index in [0.717, 1.165) is 0 Å². The van der Waals surface area contributed by atoms with Gasteiger partial charge in [-0.2, -0.15) is 0 Å². The van der Waals surface area contributed by atoms with Gasteiger partial charge in [0, 0.05) is 6.07 Å². The highest BCUT2D eigenvalue weighted by molar-refractivity contribution is 5.83. The first kappa shape index (κ1) is 15.8. The number of nitrogens with zero attached hydrogens (tertiary/aromatic N) is 2. The number of ether oxygens (including phenoxy) is 2. The first-order chi connectivity index (χ1) is 11.6. The van der Waals surface area contributed by atoms with Gasteiger partial charge in [0.2, 0.25) is 5.95 Å². The number of nitrogens with two attached hydrogens (primary N) is 1. The van der Waals surface area contributed by atoms with Gasteiger partial charge in [-0.3, -0.25) is 10.2 Å². The maximum absolute atomic E-state index is 13.1. The first-order valence-corrected chi connectivity index (χ1v) is 7.00. The second-order valence-electron chi connectivity index (χ2n) is 4.92. The minimum Gasteiger partial charge on any atom is -0.493 e. The van der Waals surface area contributed by atoms with Gasteiger partial charge in [-0.25, -0.2) is 19.8 Å². The summed E-state index contributed by atoms with van der Waals surface area (Å²) in [5, 5.41) is 0.316. The van der Waals surface area contributed by atoms with Crippen LogP contribution in [0.3, 0.4) is 0 Å². The van der Waals surface area contributed by atoms with Crippen molar-refractivity contribution in [3.05, 3.63) is 52.6 Å². The number of anilines is 1. The predicted octanol–water partition coefficient (Wildman–Crippen LogP) is 1.83. The Hall–Kier alpha value is -3.13. The lowest BCUT2D eigenvalue weighted by atomic mass is 10.2. The van der Waals surface area contributed by atoms with Crippen molar-refractivity contribution in [3.8, 4) is 17.2 Å². The van der Waals surface area contributed by atoms with Gasteiger partial charge in [-0.05, 0) is 30.3 Å². The molecule has 3 N–H and O–H groups in total. The molecule has 2 aromatic carbocycles. The van der Waals surface area contributed by atoms with Gasteiger partial charge >= 0.3 is 0 Å². The Labute approximate surface area is 136 Å². The van der Waals surface area contributed by atoms with Gasteiger partial charge in [0.1, 0.15) is 5.82 Å². The number of nitrogen functional groups attached to an aromatic ring is 1. The first-order valence-electron chi connectivity index (χ1n) is 7.00. The number of aromatic nitrogens is 2. The largest absolute Gasteiger partial charge is 0.493 e. The quantitative estimate of drug-likeness (QED) is 0.560. The van der Waals surface area contributed by atoms with E-state index in [2.05, 4.69) is 10.4 Å². The van der Waals surface area contributed by atoms with Crippen LogP contribution in [0.5, 0.6) is 11.5 Å². The molecule has 3 rings (SSSR count). The minimum absolute atomic E-state index is 0.117. The number of hydrazine groups is 1. The number of benzene rings is 2. The standard InChI is InChI=1S/C16H15FN4O3/c1-23-13-7-11-12(8-14(13)24-2)19-16(20-18)21(15(11)22)10-5-3-9(17)4-6-10/h3-8H,18H2,1-2H3,(H,19,20). The van der Waals surface area contributed by atoms with E-state index in [0.29, 0.717) is 28.1 Å². The fraction of sp³-hybridized carbons (Fsp3) is 0.125. The highest BCUT2D eigenvalue weighted by Gasteiger charge is 2.15. The number of rotatable bonds is 4. The van der Waals surface area contributed by atoms with Gasteiger partial charge < -0.3 is 9.47 Å². The lowest BCUT2D eigenvalue weighted by Crippen LogP contribution is -2.26. The van der Waals surface area contributed by atoms with Crippen molar-refractivity contribution < 1.29 is 13.9 Å². The summed E-state index contributed by atoms with van der Waals surface area (Å²) >= 11 is 0. The van der Waals surface area contributed by atoms with Crippen molar-refractivity contribution in [1.82, 2.24) is 9.55 Å². The van der Waals surface area contributed by atoms with E-state index in [9.17, 15) is 9.18 Å². The maximum atomic E-state index is 13.1. The lowest BCUT2D eigenvalue weighted by molar-refractivity contribution is 0.355. The Balaban J connectivity index is 2.35. The number of hydrogen-bond acceptors (Lipinski definition) is 6. The molecule has 0 aliphatic carbocycles. The highest BCUT2D eigenvalue weighted by Crippen LogP contribution is 2.30. The van der Waals surface area contributed by atoms with Crippen molar-refractivity contribution in [2.24, 2.45) is 5.84 Å². The van der Waals surface area contributed by atoms with Crippen LogP contribution in [0.1, 0.15) is 0 Å². The predicted molar refractivity (Wildman–Crippen MR) is 88.2 cm³/mol. The average molecular weight is 330 g/mol. The monoisotopic (exact) mass is 330 g/mol. The molecule has 0 fully saturated rings. The molecule has 3 aromatic rings. The molecule has 7 nitrogen and oxygen atoms in total. The van der Waals surface area contributed by atoms with Crippen LogP contribution in [-0.2, 0) is 0 Å². The summed E-state index contributed by atoms with van der Waals surface area (Å²) in [4.78, 5) is 17.2. The number of halogens is 1. The molecule has 0 atom stereocenters. The molecule has 124 valence electrons. The van der Waals surface area contributed by atoms with Gasteiger partial charge in [-0.1, -0.05) is 0 Å². The van der Waals surface area contributed by atoms with Crippen LogP contribution in [0.4, 0.5) is 10.3 Å². The van der Waals surface area contributed by atoms with Crippen molar-refractivity contribution >= 4 is 16.9 Å². The van der Waals surface area contributed by atoms with Crippen molar-refractivity contribution in [2.75, 3.05) is 19.6 Å². The molecule has 0 unspecified atom stereocenters. The average Bonchev–Trinajstić information content (AvgIpc) is 2.61. The molecule has 0 radical (unpaired) electrons. The van der Waals surface area contributed by atoms with E-state index in [1.807, 2.05) is 0 Å². The molecular weight excluding hydrogens is 315 g/mol. The van der Waals surface area contributed by atoms with E-state index >= 15 is 0 Å². The van der Waals surface area contributed by atoms with Crippen LogP contribution in [0.2, 0.25) is 0 Å². The fourth-order valence-corrected chi connectivity index (χ4v) is 2.44. The number of nitrogens with one attached hydrogen (secondary N) is 1. The molecule has 1 heterocycles. The summed E-state index contributed by atoms with van der Waals surface area (Å²) in [6.45, 7) is 0. The maximum Gasteiger partial charge on any atom is 0.267 e. The van der Waals surface area contributed by atoms with E-state index in [1.54, 1.807) is 12.1 Å². The molecular formula is C16H15FN4O3. The Morgan fingerprint density at radius 1 is 1.12 bits per heavy atom. The molecule has 0 spiro atoms. The van der Waals surface area contributed by atoms with Gasteiger partial charge in [-0.15, -0.1) is 0 Å². The minimum atomic E-state index is -0.408. The normalized spacial score (nSPS) is 10.7. The second kappa shape index (κ2) is 6.17. The zero-order valence-corrected chi connectivity index (χ0v) is 13.0. The molecule has 0 saturated carbocycles. The number of hydrogen-bond donors (Lipinski definition) is 2. The Bertz CT molecular complexity index is 954. The Kier molecular flexibility index (Phi) is 4.05. The summed E-state index contributed by atoms with van der Waals surface area (Å²) in [5.74, 6) is 6.06. The van der Waals surface area contributed by atoms with E-state index in [-0.39, 0.29) is 11.5 Å². The smallest absolute Gasteiger partial charge is 0.267 e. The summed E-state index contributed by atoms with van der Waals surface area (Å²) in [6, 6.07) is 8.56. The van der Waals surface area contributed by atoms with Crippen molar-refractivity contribution in [2.45, 2.75) is 0 Å². The number of methoxy groups -OCH3 is 2. The second-order valence-corrected chi connectivity index (χ2v) is 4.92. The van der Waals surface area contributed by atoms with Gasteiger partial charge in [0.25, 0.3) is 5.56 Å². The molecule has 0 amide bonds. The van der Waals surface area contributed by atoms with Crippen molar-refractivity contribution in [3.63, 3.8) is 0 Å². The van der Waals surface area contributed by atoms with Crippen LogP contribution in [-0.4, -0.2) is 23.8 Å². The number of fused-ring (bicyclic) bond motifs is 1. The molecule has 24 heavy (non-hydrogen) atoms. The van der Waals surface area contributed by atoms with Crippen molar-refractivity contribution in [1.29, 1.82) is 0 Å². The van der Waals surface area contributed by atoms with E-state index in [1.165, 1.54) is 43.1 Å². The van der Waals surface area contributed by atoms with E-state index < -0.39 is 5.82 Å². The third kappa shape index (κ3) is 2.52. The molecule has 8 heteroatoms. The lowest BCUT2D eigenvalue weighted by Gasteiger charge is -2.14. The van der Waals surface area contributed by atoms with Crippen LogP contribution in [0.25, 0.3) is 16.6 Å². The summed E-state index contributed by atoms with van der Waals surface area (Å²) in [6.07, 6.45) is 0. The van der Waals surface area contributed by atoms with Crippen LogP contribution in [0, 0.1) is 5.82 Å². The zero-order chi connectivity index (χ0) is 17.3. The SMILES string of the molecule is COc1cc2nc(NN)n(-c3ccc(F)cc3)c(=O)c2cc1OC. The van der Waals surface area contributed by atoms with Crippen LogP contribution >= 0.6 is 0 Å². The summed E-state index contributed by atoms with van der Waals surface area (Å²) < 4.78 is 24.8. The molecule has 0 saturated heterocycles. The van der Waals surface area contributed by atoms with E-state index in [4.69, 9.17) is 15.3 Å². The topological polar surface area (TPSA) is 91.4 Å². The molecule has 0 aliphatic heterocycles. The third-order valence-corrected chi connectivity index (χ3v) is 3.59. The Morgan fingerprint density at radius 3 is 2.33 bits per heavy atom. The molecule has 1 aromatic heterocycles. The highest BCUT2D eigenvalue weighted by atomic mass is 19.1. The van der Waals surface area contributed by atoms with Crippen LogP contribution in [0.15, 0.2) is 41.2 Å². The Morgan fingerprint density at radius 2 is 1.75 bits per heavy atom. The molecule has 0 bridgehead atoms. The molecule has 0 aliphatic rings. The third-order valence-electron chi connectivity index (χ3n) is 3.59. The van der Waals surface area contributed by atoms with Gasteiger partial charge in [0.05, 0.1) is 30.8 Å². The fourth-order valence-electron chi connectivity index (χ4n) is 2.44.